The number of piperidine rings is 1. The van der Waals surface area contributed by atoms with Crippen molar-refractivity contribution in [3.05, 3.63) is 54.4 Å². The predicted molar refractivity (Wildman–Crippen MR) is 94.5 cm³/mol. The highest BCUT2D eigenvalue weighted by Crippen LogP contribution is 2.32. The Labute approximate surface area is 152 Å². The van der Waals surface area contributed by atoms with Crippen LogP contribution in [0.4, 0.5) is 0 Å². The summed E-state index contributed by atoms with van der Waals surface area (Å²) in [5.41, 5.74) is 1.03. The highest BCUT2D eigenvalue weighted by Gasteiger charge is 2.30. The summed E-state index contributed by atoms with van der Waals surface area (Å²) in [5.74, 6) is -0.302. The number of carboxylic acids is 1. The topological polar surface area (TPSA) is 96.8 Å². The molecule has 0 atom stereocenters. The number of carboxylic acid groups (broad SMARTS) is 1. The van der Waals surface area contributed by atoms with Crippen molar-refractivity contribution in [3.63, 3.8) is 0 Å². The van der Waals surface area contributed by atoms with Crippen molar-refractivity contribution < 1.29 is 23.1 Å². The van der Waals surface area contributed by atoms with E-state index in [1.807, 2.05) is 18.2 Å². The minimum Gasteiger partial charge on any atom is -0.482 e. The van der Waals surface area contributed by atoms with Gasteiger partial charge in [0.2, 0.25) is 10.0 Å². The molecule has 1 fully saturated rings. The summed E-state index contributed by atoms with van der Waals surface area (Å²) in [6.07, 6.45) is 4.30. The summed E-state index contributed by atoms with van der Waals surface area (Å²) < 4.78 is 32.0. The van der Waals surface area contributed by atoms with Gasteiger partial charge in [-0.25, -0.2) is 13.2 Å². The number of nitrogens with zero attached hydrogens (tertiary/aromatic N) is 2. The number of pyridine rings is 1. The maximum absolute atomic E-state index is 12.6. The first-order valence-corrected chi connectivity index (χ1v) is 9.75. The van der Waals surface area contributed by atoms with Crippen molar-refractivity contribution in [1.29, 1.82) is 0 Å². The monoisotopic (exact) mass is 376 g/mol. The summed E-state index contributed by atoms with van der Waals surface area (Å²) in [6.45, 7) is 0.482. The summed E-state index contributed by atoms with van der Waals surface area (Å²) in [7, 11) is -3.51. The molecule has 7 nitrogen and oxygen atoms in total. The van der Waals surface area contributed by atoms with Gasteiger partial charge in [-0.3, -0.25) is 4.98 Å². The summed E-state index contributed by atoms with van der Waals surface area (Å²) >= 11 is 0. The fourth-order valence-electron chi connectivity index (χ4n) is 3.08. The van der Waals surface area contributed by atoms with E-state index in [-0.39, 0.29) is 17.4 Å². The molecule has 26 heavy (non-hydrogen) atoms. The SMILES string of the molecule is O=C(O)COc1cccc(C2CCN(S(=O)(=O)c3cccnc3)CC2)c1. The number of aromatic nitrogens is 1. The van der Waals surface area contributed by atoms with Crippen LogP contribution in [-0.4, -0.2) is 48.5 Å². The Morgan fingerprint density at radius 3 is 2.65 bits per heavy atom. The zero-order valence-corrected chi connectivity index (χ0v) is 14.9. The van der Waals surface area contributed by atoms with E-state index < -0.39 is 16.0 Å². The van der Waals surface area contributed by atoms with Gasteiger partial charge in [-0.2, -0.15) is 4.31 Å². The third-order valence-corrected chi connectivity index (χ3v) is 6.30. The van der Waals surface area contributed by atoms with Gasteiger partial charge in [-0.1, -0.05) is 12.1 Å². The van der Waals surface area contributed by atoms with E-state index in [0.29, 0.717) is 31.7 Å². The maximum Gasteiger partial charge on any atom is 0.341 e. The second-order valence-corrected chi connectivity index (χ2v) is 8.06. The second kappa shape index (κ2) is 7.84. The van der Waals surface area contributed by atoms with Crippen LogP contribution in [0, 0.1) is 0 Å². The zero-order valence-electron chi connectivity index (χ0n) is 14.1. The lowest BCUT2D eigenvalue weighted by molar-refractivity contribution is -0.139. The molecule has 1 aliphatic heterocycles. The quantitative estimate of drug-likeness (QED) is 0.829. The van der Waals surface area contributed by atoms with Crippen LogP contribution in [-0.2, 0) is 14.8 Å². The molecule has 8 heteroatoms. The summed E-state index contributed by atoms with van der Waals surface area (Å²) in [6, 6.07) is 10.5. The first-order valence-electron chi connectivity index (χ1n) is 8.31. The molecule has 0 unspecified atom stereocenters. The third-order valence-electron chi connectivity index (χ3n) is 4.42. The van der Waals surface area contributed by atoms with Crippen LogP contribution in [0.3, 0.4) is 0 Å². The number of aliphatic carboxylic acids is 1. The zero-order chi connectivity index (χ0) is 18.6. The molecule has 138 valence electrons. The Balaban J connectivity index is 1.65. The molecule has 0 spiro atoms. The fraction of sp³-hybridized carbons (Fsp3) is 0.333. The average molecular weight is 376 g/mol. The predicted octanol–water partition coefficient (Wildman–Crippen LogP) is 2.11. The number of rotatable bonds is 6. The van der Waals surface area contributed by atoms with Gasteiger partial charge in [-0.05, 0) is 48.6 Å². The lowest BCUT2D eigenvalue weighted by atomic mass is 9.90. The van der Waals surface area contributed by atoms with Gasteiger partial charge in [0.05, 0.1) is 0 Å². The van der Waals surface area contributed by atoms with E-state index in [2.05, 4.69) is 4.98 Å². The molecule has 0 aliphatic carbocycles. The highest BCUT2D eigenvalue weighted by atomic mass is 32.2. The van der Waals surface area contributed by atoms with E-state index in [1.165, 1.54) is 10.5 Å². The van der Waals surface area contributed by atoms with Crippen molar-refractivity contribution in [2.45, 2.75) is 23.7 Å². The number of benzene rings is 1. The molecule has 3 rings (SSSR count). The van der Waals surface area contributed by atoms with Gasteiger partial charge in [-0.15, -0.1) is 0 Å². The molecule has 1 saturated heterocycles. The van der Waals surface area contributed by atoms with Gasteiger partial charge in [0, 0.05) is 25.5 Å². The summed E-state index contributed by atoms with van der Waals surface area (Å²) in [5, 5.41) is 8.70. The maximum atomic E-state index is 12.6. The third kappa shape index (κ3) is 4.20. The van der Waals surface area contributed by atoms with Gasteiger partial charge in [0.1, 0.15) is 10.6 Å². The van der Waals surface area contributed by atoms with Crippen molar-refractivity contribution in [2.24, 2.45) is 0 Å². The summed E-state index contributed by atoms with van der Waals surface area (Å²) in [4.78, 5) is 14.7. The fourth-order valence-corrected chi connectivity index (χ4v) is 4.52. The normalized spacial score (nSPS) is 16.3. The van der Waals surface area contributed by atoms with Crippen molar-refractivity contribution in [3.8, 4) is 5.75 Å². The number of carbonyl (C=O) groups is 1. The van der Waals surface area contributed by atoms with Crippen LogP contribution in [0.5, 0.6) is 5.75 Å². The van der Waals surface area contributed by atoms with Crippen LogP contribution in [0.25, 0.3) is 0 Å². The molecule has 1 N–H and O–H groups in total. The van der Waals surface area contributed by atoms with E-state index in [9.17, 15) is 13.2 Å². The Morgan fingerprint density at radius 2 is 2.00 bits per heavy atom. The number of sulfonamides is 1. The van der Waals surface area contributed by atoms with Crippen molar-refractivity contribution in [2.75, 3.05) is 19.7 Å². The Morgan fingerprint density at radius 1 is 1.23 bits per heavy atom. The van der Waals surface area contributed by atoms with Crippen LogP contribution in [0.15, 0.2) is 53.7 Å². The van der Waals surface area contributed by atoms with E-state index in [0.717, 1.165) is 5.56 Å². The molecule has 1 aromatic carbocycles. The number of ether oxygens (including phenoxy) is 1. The van der Waals surface area contributed by atoms with Crippen LogP contribution >= 0.6 is 0 Å². The number of hydrogen-bond acceptors (Lipinski definition) is 5. The Bertz CT molecular complexity index is 862. The van der Waals surface area contributed by atoms with Gasteiger partial charge in [0.25, 0.3) is 0 Å². The second-order valence-electron chi connectivity index (χ2n) is 6.12. The van der Waals surface area contributed by atoms with Gasteiger partial charge >= 0.3 is 5.97 Å². The van der Waals surface area contributed by atoms with E-state index in [4.69, 9.17) is 9.84 Å². The molecule has 1 aliphatic rings. The molecule has 0 radical (unpaired) electrons. The van der Waals surface area contributed by atoms with Crippen LogP contribution < -0.4 is 4.74 Å². The molecule has 0 amide bonds. The molecule has 0 bridgehead atoms. The van der Waals surface area contributed by atoms with E-state index >= 15 is 0 Å². The number of hydrogen-bond donors (Lipinski definition) is 1. The first-order chi connectivity index (χ1) is 12.5. The molecule has 2 aromatic rings. The average Bonchev–Trinajstić information content (AvgIpc) is 2.67. The smallest absolute Gasteiger partial charge is 0.341 e. The van der Waals surface area contributed by atoms with E-state index in [1.54, 1.807) is 24.4 Å². The van der Waals surface area contributed by atoms with Crippen LogP contribution in [0.2, 0.25) is 0 Å². The largest absolute Gasteiger partial charge is 0.482 e. The molecule has 0 saturated carbocycles. The Hall–Kier alpha value is -2.45. The highest BCUT2D eigenvalue weighted by molar-refractivity contribution is 7.89. The molecular weight excluding hydrogens is 356 g/mol. The van der Waals surface area contributed by atoms with Gasteiger partial charge < -0.3 is 9.84 Å². The van der Waals surface area contributed by atoms with Crippen molar-refractivity contribution >= 4 is 16.0 Å². The lowest BCUT2D eigenvalue weighted by Crippen LogP contribution is -2.37. The molecule has 1 aromatic heterocycles. The Kier molecular flexibility index (Phi) is 5.53. The minimum atomic E-state index is -3.51. The lowest BCUT2D eigenvalue weighted by Gasteiger charge is -2.31. The van der Waals surface area contributed by atoms with Crippen molar-refractivity contribution in [1.82, 2.24) is 9.29 Å². The molecular formula is C18H20N2O5S. The first kappa shape index (κ1) is 18.3. The minimum absolute atomic E-state index is 0.211. The molecule has 2 heterocycles. The standard InChI is InChI=1S/C18H20N2O5S/c21-18(22)13-25-16-4-1-3-15(11-16)14-6-9-20(10-7-14)26(23,24)17-5-2-8-19-12-17/h1-5,8,11-12,14H,6-7,9-10,13H2,(H,21,22). The van der Waals surface area contributed by atoms with Gasteiger partial charge in [0.15, 0.2) is 6.61 Å². The van der Waals surface area contributed by atoms with Crippen LogP contribution in [0.1, 0.15) is 24.3 Å².